The minimum Gasteiger partial charge on any atom is -0.368 e. The van der Waals surface area contributed by atoms with Crippen LogP contribution in [-0.4, -0.2) is 57.3 Å². The number of alkyl halides is 3. The van der Waals surface area contributed by atoms with Gasteiger partial charge >= 0.3 is 12.1 Å². The lowest BCUT2D eigenvalue weighted by Crippen LogP contribution is -2.41. The van der Waals surface area contributed by atoms with E-state index in [4.69, 9.17) is 5.73 Å². The van der Waals surface area contributed by atoms with Gasteiger partial charge in [-0.3, -0.25) is 4.79 Å². The van der Waals surface area contributed by atoms with E-state index in [1.165, 1.54) is 25.0 Å². The third kappa shape index (κ3) is 5.22. The van der Waals surface area contributed by atoms with Gasteiger partial charge in [-0.1, -0.05) is 12.1 Å². The topological polar surface area (TPSA) is 115 Å². The van der Waals surface area contributed by atoms with Gasteiger partial charge in [0.25, 0.3) is 5.91 Å². The molecule has 0 spiro atoms. The fourth-order valence-corrected chi connectivity index (χ4v) is 3.12. The van der Waals surface area contributed by atoms with E-state index in [-0.39, 0.29) is 12.1 Å². The summed E-state index contributed by atoms with van der Waals surface area (Å²) in [5, 5.41) is 8.17. The number of imidazole rings is 1. The molecule has 1 aliphatic rings. The van der Waals surface area contributed by atoms with Crippen LogP contribution in [-0.2, 0) is 9.63 Å². The van der Waals surface area contributed by atoms with Crippen LogP contribution in [0.1, 0.15) is 23.2 Å². The van der Waals surface area contributed by atoms with Gasteiger partial charge in [-0.25, -0.2) is 14.3 Å². The number of nitrogens with two attached hydrogens (primary N) is 1. The zero-order chi connectivity index (χ0) is 23.6. The standard InChI is InChI=1S/C21H21F3N6O3/c22-21(23,24)20(32)33-29(10-9-25)19(31)15-5-3-14(4-6-15)16-12-27-18-8-7-17(28-30(16)18)26-11-13-1-2-13/h3-8,12-13H,1-2,9-11,25H2,(H,26,28). The molecule has 3 N–H and O–H groups in total. The summed E-state index contributed by atoms with van der Waals surface area (Å²) in [7, 11) is 0. The highest BCUT2D eigenvalue weighted by Gasteiger charge is 2.43. The second kappa shape index (κ2) is 9.06. The minimum absolute atomic E-state index is 0.0238. The Labute approximate surface area is 186 Å². The van der Waals surface area contributed by atoms with Crippen LogP contribution in [0.2, 0.25) is 0 Å². The Morgan fingerprint density at radius 3 is 2.55 bits per heavy atom. The Morgan fingerprint density at radius 2 is 1.91 bits per heavy atom. The van der Waals surface area contributed by atoms with Gasteiger partial charge in [-0.05, 0) is 43.0 Å². The summed E-state index contributed by atoms with van der Waals surface area (Å²) >= 11 is 0. The van der Waals surface area contributed by atoms with E-state index in [0.29, 0.717) is 33.7 Å². The molecule has 2 aromatic heterocycles. The average Bonchev–Trinajstić information content (AvgIpc) is 3.53. The Morgan fingerprint density at radius 1 is 1.18 bits per heavy atom. The summed E-state index contributed by atoms with van der Waals surface area (Å²) in [5.41, 5.74) is 7.35. The van der Waals surface area contributed by atoms with Gasteiger partial charge in [-0.15, -0.1) is 5.10 Å². The number of nitrogens with zero attached hydrogens (tertiary/aromatic N) is 4. The number of aromatic nitrogens is 3. The molecule has 1 aromatic carbocycles. The Balaban J connectivity index is 1.53. The zero-order valence-corrected chi connectivity index (χ0v) is 17.4. The maximum absolute atomic E-state index is 12.6. The van der Waals surface area contributed by atoms with E-state index in [9.17, 15) is 22.8 Å². The Kier molecular flexibility index (Phi) is 6.18. The van der Waals surface area contributed by atoms with E-state index in [1.54, 1.807) is 22.8 Å². The monoisotopic (exact) mass is 462 g/mol. The molecule has 0 aliphatic heterocycles. The number of hydrogen-bond donors (Lipinski definition) is 2. The summed E-state index contributed by atoms with van der Waals surface area (Å²) in [6.45, 7) is 0.271. The fraction of sp³-hybridized carbons (Fsp3) is 0.333. The van der Waals surface area contributed by atoms with Crippen LogP contribution in [0.25, 0.3) is 16.9 Å². The third-order valence-electron chi connectivity index (χ3n) is 5.04. The number of anilines is 1. The fourth-order valence-electron chi connectivity index (χ4n) is 3.12. The molecule has 4 rings (SSSR count). The maximum atomic E-state index is 12.6. The van der Waals surface area contributed by atoms with Gasteiger partial charge in [0.1, 0.15) is 5.82 Å². The van der Waals surface area contributed by atoms with Crippen LogP contribution in [0.3, 0.4) is 0 Å². The molecular weight excluding hydrogens is 441 g/mol. The number of hydrogen-bond acceptors (Lipinski definition) is 7. The lowest BCUT2D eigenvalue weighted by atomic mass is 10.1. The van der Waals surface area contributed by atoms with Crippen LogP contribution in [0, 0.1) is 5.92 Å². The molecule has 33 heavy (non-hydrogen) atoms. The van der Waals surface area contributed by atoms with Crippen molar-refractivity contribution in [3.05, 3.63) is 48.2 Å². The highest BCUT2D eigenvalue weighted by atomic mass is 19.4. The number of benzene rings is 1. The van der Waals surface area contributed by atoms with Gasteiger partial charge in [0.05, 0.1) is 18.4 Å². The van der Waals surface area contributed by atoms with Crippen molar-refractivity contribution >= 4 is 23.3 Å². The van der Waals surface area contributed by atoms with Crippen LogP contribution in [0.4, 0.5) is 19.0 Å². The number of fused-ring (bicyclic) bond motifs is 1. The second-order valence-electron chi connectivity index (χ2n) is 7.61. The summed E-state index contributed by atoms with van der Waals surface area (Å²) in [4.78, 5) is 32.2. The van der Waals surface area contributed by atoms with Gasteiger partial charge in [-0.2, -0.15) is 18.2 Å². The number of carbonyl (C=O) groups excluding carboxylic acids is 2. The number of rotatable bonds is 7. The molecule has 3 aromatic rings. The summed E-state index contributed by atoms with van der Waals surface area (Å²) in [6.07, 6.45) is -1.17. The van der Waals surface area contributed by atoms with Crippen molar-refractivity contribution in [1.29, 1.82) is 0 Å². The van der Waals surface area contributed by atoms with Crippen LogP contribution >= 0.6 is 0 Å². The number of nitrogens with one attached hydrogen (secondary N) is 1. The number of hydroxylamine groups is 2. The van der Waals surface area contributed by atoms with Gasteiger partial charge in [0, 0.05) is 24.2 Å². The van der Waals surface area contributed by atoms with E-state index in [2.05, 4.69) is 20.2 Å². The van der Waals surface area contributed by atoms with Crippen molar-refractivity contribution in [2.24, 2.45) is 11.7 Å². The van der Waals surface area contributed by atoms with Crippen molar-refractivity contribution < 1.29 is 27.6 Å². The lowest BCUT2D eigenvalue weighted by Gasteiger charge is -2.21. The molecule has 1 fully saturated rings. The quantitative estimate of drug-likeness (QED) is 0.519. The van der Waals surface area contributed by atoms with Crippen molar-refractivity contribution in [1.82, 2.24) is 19.7 Å². The number of amides is 1. The third-order valence-corrected chi connectivity index (χ3v) is 5.04. The summed E-state index contributed by atoms with van der Waals surface area (Å²) in [6, 6.07) is 9.73. The highest BCUT2D eigenvalue weighted by Crippen LogP contribution is 2.29. The molecule has 1 saturated carbocycles. The molecule has 1 aliphatic carbocycles. The number of halogens is 3. The van der Waals surface area contributed by atoms with Crippen LogP contribution in [0.5, 0.6) is 0 Å². The second-order valence-corrected chi connectivity index (χ2v) is 7.61. The minimum atomic E-state index is -5.24. The van der Waals surface area contributed by atoms with E-state index >= 15 is 0 Å². The molecular formula is C21H21F3N6O3. The predicted molar refractivity (Wildman–Crippen MR) is 112 cm³/mol. The lowest BCUT2D eigenvalue weighted by molar-refractivity contribution is -0.228. The largest absolute Gasteiger partial charge is 0.493 e. The highest BCUT2D eigenvalue weighted by molar-refractivity contribution is 5.95. The Bertz CT molecular complexity index is 1160. The number of carbonyl (C=O) groups is 2. The van der Waals surface area contributed by atoms with Crippen molar-refractivity contribution in [3.8, 4) is 11.3 Å². The molecule has 9 nitrogen and oxygen atoms in total. The molecule has 0 radical (unpaired) electrons. The molecule has 0 atom stereocenters. The molecule has 0 unspecified atom stereocenters. The molecule has 174 valence electrons. The van der Waals surface area contributed by atoms with E-state index in [1.807, 2.05) is 12.1 Å². The first-order valence-electron chi connectivity index (χ1n) is 10.3. The van der Waals surface area contributed by atoms with Crippen molar-refractivity contribution in [2.45, 2.75) is 19.0 Å². The summed E-state index contributed by atoms with van der Waals surface area (Å²) in [5.74, 6) is -2.02. The van der Waals surface area contributed by atoms with Crippen molar-refractivity contribution in [3.63, 3.8) is 0 Å². The van der Waals surface area contributed by atoms with Gasteiger partial charge < -0.3 is 15.9 Å². The first-order valence-corrected chi connectivity index (χ1v) is 10.3. The molecule has 12 heteroatoms. The van der Waals surface area contributed by atoms with Crippen LogP contribution in [0.15, 0.2) is 42.6 Å². The van der Waals surface area contributed by atoms with Gasteiger partial charge in [0.2, 0.25) is 0 Å². The van der Waals surface area contributed by atoms with Crippen molar-refractivity contribution in [2.75, 3.05) is 25.0 Å². The summed E-state index contributed by atoms with van der Waals surface area (Å²) < 4.78 is 39.2. The maximum Gasteiger partial charge on any atom is 0.493 e. The predicted octanol–water partition coefficient (Wildman–Crippen LogP) is 2.64. The Hall–Kier alpha value is -3.67. The first kappa shape index (κ1) is 22.5. The average molecular weight is 462 g/mol. The normalized spacial score (nSPS) is 13.7. The zero-order valence-electron chi connectivity index (χ0n) is 17.4. The molecule has 1 amide bonds. The van der Waals surface area contributed by atoms with E-state index in [0.717, 1.165) is 6.54 Å². The van der Waals surface area contributed by atoms with Gasteiger partial charge in [0.15, 0.2) is 5.65 Å². The SMILES string of the molecule is NCCN(OC(=O)C(F)(F)F)C(=O)c1ccc(-c2cnc3ccc(NCC4CC4)nn23)cc1. The van der Waals surface area contributed by atoms with E-state index < -0.39 is 24.6 Å². The molecule has 0 bridgehead atoms. The van der Waals surface area contributed by atoms with Crippen LogP contribution < -0.4 is 11.1 Å². The molecule has 2 heterocycles. The first-order chi connectivity index (χ1) is 15.8. The molecule has 0 saturated heterocycles. The smallest absolute Gasteiger partial charge is 0.368 e.